The molecule has 0 saturated carbocycles. The molecule has 1 heterocycles. The van der Waals surface area contributed by atoms with Crippen molar-refractivity contribution in [2.24, 2.45) is 0 Å². The first kappa shape index (κ1) is 16.4. The highest BCUT2D eigenvalue weighted by molar-refractivity contribution is 7.87. The molecule has 124 valence electrons. The summed E-state index contributed by atoms with van der Waals surface area (Å²) in [4.78, 5) is 3.79. The average Bonchev–Trinajstić information content (AvgIpc) is 2.55. The van der Waals surface area contributed by atoms with Crippen LogP contribution in [-0.2, 0) is 10.1 Å². The van der Waals surface area contributed by atoms with E-state index in [0.29, 0.717) is 0 Å². The second-order valence-electron chi connectivity index (χ2n) is 5.71. The van der Waals surface area contributed by atoms with Crippen LogP contribution in [0, 0.1) is 5.82 Å². The molecule has 0 aliphatic heterocycles. The first-order chi connectivity index (χ1) is 11.4. The van der Waals surface area contributed by atoms with Gasteiger partial charge in [0.25, 0.3) is 0 Å². The third-order valence-electron chi connectivity index (χ3n) is 3.68. The molecule has 3 rings (SSSR count). The second-order valence-corrected chi connectivity index (χ2v) is 7.22. The van der Waals surface area contributed by atoms with Crippen molar-refractivity contribution in [3.8, 4) is 5.75 Å². The van der Waals surface area contributed by atoms with E-state index in [2.05, 4.69) is 4.98 Å². The molecule has 0 atom stereocenters. The summed E-state index contributed by atoms with van der Waals surface area (Å²) >= 11 is 0. The lowest BCUT2D eigenvalue weighted by molar-refractivity contribution is 0.486. The molecule has 0 saturated heterocycles. The molecule has 0 fully saturated rings. The summed E-state index contributed by atoms with van der Waals surface area (Å²) in [5.74, 6) is -0.110. The van der Waals surface area contributed by atoms with E-state index in [-0.39, 0.29) is 27.5 Å². The molecule has 0 spiro atoms. The minimum atomic E-state index is -4.11. The fraction of sp³-hybridized carbons (Fsp3) is 0.167. The molecule has 0 amide bonds. The van der Waals surface area contributed by atoms with Crippen molar-refractivity contribution in [3.63, 3.8) is 0 Å². The van der Waals surface area contributed by atoms with Crippen LogP contribution in [-0.4, -0.2) is 13.4 Å². The Hall–Kier alpha value is -2.47. The van der Waals surface area contributed by atoms with E-state index in [1.54, 1.807) is 24.3 Å². The van der Waals surface area contributed by atoms with Crippen LogP contribution in [0.2, 0.25) is 0 Å². The molecule has 1 aromatic heterocycles. The number of halogens is 1. The summed E-state index contributed by atoms with van der Waals surface area (Å²) in [5, 5.41) is 0.192. The van der Waals surface area contributed by atoms with Crippen LogP contribution < -0.4 is 4.18 Å². The largest absolute Gasteiger partial charge is 0.379 e. The summed E-state index contributed by atoms with van der Waals surface area (Å²) in [6, 6.07) is 12.2. The second kappa shape index (κ2) is 6.20. The van der Waals surface area contributed by atoms with Gasteiger partial charge in [-0.25, -0.2) is 4.39 Å². The third kappa shape index (κ3) is 3.10. The molecule has 0 N–H and O–H groups in total. The van der Waals surface area contributed by atoms with Crippen molar-refractivity contribution in [1.29, 1.82) is 0 Å². The average molecular weight is 345 g/mol. The van der Waals surface area contributed by atoms with Gasteiger partial charge in [0, 0.05) is 11.6 Å². The van der Waals surface area contributed by atoms with Crippen molar-refractivity contribution in [2.75, 3.05) is 0 Å². The van der Waals surface area contributed by atoms with Gasteiger partial charge in [0.05, 0.1) is 0 Å². The number of benzene rings is 2. The van der Waals surface area contributed by atoms with E-state index in [0.717, 1.165) is 11.6 Å². The van der Waals surface area contributed by atoms with Crippen LogP contribution in [0.5, 0.6) is 5.75 Å². The molecule has 3 aromatic rings. The number of aromatic nitrogens is 1. The molecule has 2 aromatic carbocycles. The van der Waals surface area contributed by atoms with Gasteiger partial charge in [0.1, 0.15) is 22.0 Å². The van der Waals surface area contributed by atoms with Crippen molar-refractivity contribution in [1.82, 2.24) is 4.98 Å². The predicted molar refractivity (Wildman–Crippen MR) is 90.0 cm³/mol. The SMILES string of the molecule is CC(C)c1cccc(OS(=O)(=O)c2ccc(F)c3ncccc23)c1. The maximum atomic E-state index is 13.8. The Labute approximate surface area is 140 Å². The smallest absolute Gasteiger partial charge is 0.339 e. The predicted octanol–water partition coefficient (Wildman–Crippen LogP) is 4.27. The van der Waals surface area contributed by atoms with Crippen LogP contribution in [0.1, 0.15) is 25.3 Å². The number of hydrogen-bond acceptors (Lipinski definition) is 4. The minimum absolute atomic E-state index is 0.00175. The van der Waals surface area contributed by atoms with E-state index in [4.69, 9.17) is 4.18 Å². The zero-order valence-corrected chi connectivity index (χ0v) is 14.0. The minimum Gasteiger partial charge on any atom is -0.379 e. The highest BCUT2D eigenvalue weighted by Gasteiger charge is 2.21. The fourth-order valence-electron chi connectivity index (χ4n) is 2.43. The zero-order chi connectivity index (χ0) is 17.3. The molecule has 6 heteroatoms. The van der Waals surface area contributed by atoms with Crippen molar-refractivity contribution in [2.45, 2.75) is 24.7 Å². The van der Waals surface area contributed by atoms with Crippen LogP contribution in [0.4, 0.5) is 4.39 Å². The topological polar surface area (TPSA) is 56.3 Å². The molecule has 4 nitrogen and oxygen atoms in total. The Kier molecular flexibility index (Phi) is 4.24. The summed E-state index contributed by atoms with van der Waals surface area (Å²) in [7, 11) is -4.11. The molecule has 0 aliphatic rings. The highest BCUT2D eigenvalue weighted by atomic mass is 32.2. The van der Waals surface area contributed by atoms with Gasteiger partial charge in [-0.3, -0.25) is 4.98 Å². The number of hydrogen-bond donors (Lipinski definition) is 0. The Morgan fingerprint density at radius 1 is 1.08 bits per heavy atom. The van der Waals surface area contributed by atoms with Gasteiger partial charge in [-0.2, -0.15) is 8.42 Å². The number of fused-ring (bicyclic) bond motifs is 1. The molecular formula is C18H16FNO3S. The summed E-state index contributed by atoms with van der Waals surface area (Å²) in [6.45, 7) is 4.01. The maximum Gasteiger partial charge on any atom is 0.339 e. The lowest BCUT2D eigenvalue weighted by Gasteiger charge is -2.11. The van der Waals surface area contributed by atoms with Gasteiger partial charge in [-0.05, 0) is 47.9 Å². The van der Waals surface area contributed by atoms with Gasteiger partial charge >= 0.3 is 10.1 Å². The normalized spacial score (nSPS) is 11.8. The Morgan fingerprint density at radius 2 is 1.88 bits per heavy atom. The number of rotatable bonds is 4. The lowest BCUT2D eigenvalue weighted by Crippen LogP contribution is -2.11. The van der Waals surface area contributed by atoms with E-state index < -0.39 is 15.9 Å². The number of nitrogens with zero attached hydrogens (tertiary/aromatic N) is 1. The van der Waals surface area contributed by atoms with E-state index >= 15 is 0 Å². The lowest BCUT2D eigenvalue weighted by atomic mass is 10.0. The highest BCUT2D eigenvalue weighted by Crippen LogP contribution is 2.28. The summed E-state index contributed by atoms with van der Waals surface area (Å²) in [5.41, 5.74) is 0.964. The monoisotopic (exact) mass is 345 g/mol. The first-order valence-corrected chi connectivity index (χ1v) is 8.87. The Balaban J connectivity index is 2.06. The van der Waals surface area contributed by atoms with Crippen LogP contribution in [0.3, 0.4) is 0 Å². The molecule has 0 radical (unpaired) electrons. The van der Waals surface area contributed by atoms with Crippen molar-refractivity contribution in [3.05, 3.63) is 66.1 Å². The molecule has 24 heavy (non-hydrogen) atoms. The summed E-state index contributed by atoms with van der Waals surface area (Å²) < 4.78 is 44.3. The van der Waals surface area contributed by atoms with Gasteiger partial charge < -0.3 is 4.18 Å². The van der Waals surface area contributed by atoms with Crippen LogP contribution >= 0.6 is 0 Å². The van der Waals surface area contributed by atoms with Gasteiger partial charge in [0.15, 0.2) is 0 Å². The Morgan fingerprint density at radius 3 is 2.62 bits per heavy atom. The van der Waals surface area contributed by atoms with Crippen molar-refractivity contribution < 1.29 is 17.0 Å². The van der Waals surface area contributed by atoms with E-state index in [1.807, 2.05) is 19.9 Å². The van der Waals surface area contributed by atoms with E-state index in [1.165, 1.54) is 18.3 Å². The standard InChI is InChI=1S/C18H16FNO3S/c1-12(2)13-5-3-6-14(11-13)23-24(21,22)17-9-8-16(19)18-15(17)7-4-10-20-18/h3-12H,1-2H3. The van der Waals surface area contributed by atoms with Crippen LogP contribution in [0.15, 0.2) is 59.6 Å². The quantitative estimate of drug-likeness (QED) is 0.663. The summed E-state index contributed by atoms with van der Waals surface area (Å²) in [6.07, 6.45) is 1.41. The molecule has 0 unspecified atom stereocenters. The maximum absolute atomic E-state index is 13.8. The molecule has 0 bridgehead atoms. The van der Waals surface area contributed by atoms with E-state index in [9.17, 15) is 12.8 Å². The van der Waals surface area contributed by atoms with Crippen molar-refractivity contribution >= 4 is 21.0 Å². The fourth-order valence-corrected chi connectivity index (χ4v) is 3.54. The zero-order valence-electron chi connectivity index (χ0n) is 13.2. The molecular weight excluding hydrogens is 329 g/mol. The first-order valence-electron chi connectivity index (χ1n) is 7.46. The third-order valence-corrected chi connectivity index (χ3v) is 4.99. The molecule has 0 aliphatic carbocycles. The Bertz CT molecular complexity index is 1000. The van der Waals surface area contributed by atoms with Gasteiger partial charge in [0.2, 0.25) is 0 Å². The van der Waals surface area contributed by atoms with Gasteiger partial charge in [-0.1, -0.05) is 26.0 Å². The van der Waals surface area contributed by atoms with Crippen LogP contribution in [0.25, 0.3) is 10.9 Å². The van der Waals surface area contributed by atoms with Gasteiger partial charge in [-0.15, -0.1) is 0 Å². The number of pyridine rings is 1.